The van der Waals surface area contributed by atoms with Crippen LogP contribution in [0.5, 0.6) is 0 Å². The van der Waals surface area contributed by atoms with Crippen LogP contribution in [0.15, 0.2) is 16.8 Å². The molecule has 1 aliphatic rings. The number of thiophene rings is 1. The van der Waals surface area contributed by atoms with E-state index in [-0.39, 0.29) is 24.5 Å². The van der Waals surface area contributed by atoms with E-state index in [0.29, 0.717) is 30.9 Å². The highest BCUT2D eigenvalue weighted by Gasteiger charge is 2.30. The maximum Gasteiger partial charge on any atom is 0.252 e. The molecule has 0 saturated carbocycles. The fraction of sp³-hybridized carbons (Fsp3) is 0.625. The number of carbonyl (C=O) groups excluding carboxylic acids is 2. The van der Waals surface area contributed by atoms with Crippen molar-refractivity contribution in [2.75, 3.05) is 19.7 Å². The van der Waals surface area contributed by atoms with Crippen LogP contribution in [0.4, 0.5) is 0 Å². The van der Waals surface area contributed by atoms with Crippen LogP contribution in [-0.2, 0) is 4.79 Å². The predicted molar refractivity (Wildman–Crippen MR) is 86.9 cm³/mol. The minimum Gasteiger partial charge on any atom is -0.394 e. The van der Waals surface area contributed by atoms with Crippen molar-refractivity contribution < 1.29 is 14.7 Å². The van der Waals surface area contributed by atoms with Crippen LogP contribution >= 0.6 is 11.3 Å². The molecular weight excluding hydrogens is 300 g/mol. The summed E-state index contributed by atoms with van der Waals surface area (Å²) in [7, 11) is 0. The minimum absolute atomic E-state index is 0.0296. The number of hydrogen-bond donors (Lipinski definition) is 2. The van der Waals surface area contributed by atoms with E-state index in [2.05, 4.69) is 12.2 Å². The van der Waals surface area contributed by atoms with Crippen LogP contribution < -0.4 is 5.32 Å². The third-order valence-electron chi connectivity index (χ3n) is 4.26. The number of nitrogens with zero attached hydrogens (tertiary/aromatic N) is 1. The minimum atomic E-state index is -0.0893. The molecule has 6 heteroatoms. The zero-order chi connectivity index (χ0) is 15.9. The molecule has 122 valence electrons. The van der Waals surface area contributed by atoms with E-state index in [1.54, 1.807) is 11.4 Å². The highest BCUT2D eigenvalue weighted by atomic mass is 32.1. The Hall–Kier alpha value is -1.40. The topological polar surface area (TPSA) is 69.6 Å². The number of hydrogen-bond acceptors (Lipinski definition) is 4. The molecule has 1 aliphatic heterocycles. The standard InChI is InChI=1S/C16H24N2O3S/c1-12-4-3-8-18(14(12)10-19)15(20)5-2-7-17-16(21)13-6-9-22-11-13/h6,9,11-12,14,19H,2-5,7-8,10H2,1H3,(H,17,21). The fourth-order valence-electron chi connectivity index (χ4n) is 2.92. The van der Waals surface area contributed by atoms with E-state index in [0.717, 1.165) is 19.4 Å². The van der Waals surface area contributed by atoms with Gasteiger partial charge in [0.1, 0.15) is 0 Å². The molecule has 5 nitrogen and oxygen atoms in total. The molecule has 2 N–H and O–H groups in total. The van der Waals surface area contributed by atoms with Gasteiger partial charge in [-0.15, -0.1) is 0 Å². The molecule has 0 aliphatic carbocycles. The van der Waals surface area contributed by atoms with Crippen molar-refractivity contribution in [3.63, 3.8) is 0 Å². The first-order chi connectivity index (χ1) is 10.6. The molecule has 0 aromatic carbocycles. The fourth-order valence-corrected chi connectivity index (χ4v) is 3.55. The maximum absolute atomic E-state index is 12.3. The number of aliphatic hydroxyl groups is 1. The van der Waals surface area contributed by atoms with Gasteiger partial charge in [0.2, 0.25) is 5.91 Å². The van der Waals surface area contributed by atoms with Crippen LogP contribution in [0.2, 0.25) is 0 Å². The van der Waals surface area contributed by atoms with Crippen molar-refractivity contribution in [2.45, 2.75) is 38.6 Å². The molecule has 1 fully saturated rings. The van der Waals surface area contributed by atoms with E-state index < -0.39 is 0 Å². The summed E-state index contributed by atoms with van der Waals surface area (Å²) in [5.74, 6) is 0.338. The lowest BCUT2D eigenvalue weighted by molar-refractivity contribution is -0.137. The molecule has 0 bridgehead atoms. The van der Waals surface area contributed by atoms with Crippen molar-refractivity contribution in [2.24, 2.45) is 5.92 Å². The highest BCUT2D eigenvalue weighted by molar-refractivity contribution is 7.08. The van der Waals surface area contributed by atoms with Gasteiger partial charge < -0.3 is 15.3 Å². The van der Waals surface area contributed by atoms with Gasteiger partial charge in [-0.1, -0.05) is 6.92 Å². The molecule has 2 unspecified atom stereocenters. The maximum atomic E-state index is 12.3. The molecule has 2 rings (SSSR count). The Bertz CT molecular complexity index is 490. The summed E-state index contributed by atoms with van der Waals surface area (Å²) in [6.45, 7) is 3.34. The Kier molecular flexibility index (Phi) is 6.39. The lowest BCUT2D eigenvalue weighted by Crippen LogP contribution is -2.49. The van der Waals surface area contributed by atoms with Gasteiger partial charge in [0.05, 0.1) is 12.6 Å². The van der Waals surface area contributed by atoms with Gasteiger partial charge >= 0.3 is 0 Å². The molecule has 2 heterocycles. The number of likely N-dealkylation sites (tertiary alicyclic amines) is 1. The summed E-state index contributed by atoms with van der Waals surface area (Å²) in [4.78, 5) is 25.9. The molecule has 1 saturated heterocycles. The highest BCUT2D eigenvalue weighted by Crippen LogP contribution is 2.23. The average molecular weight is 324 g/mol. The monoisotopic (exact) mass is 324 g/mol. The molecule has 1 aromatic heterocycles. The van der Waals surface area contributed by atoms with Gasteiger partial charge in [0.15, 0.2) is 0 Å². The summed E-state index contributed by atoms with van der Waals surface area (Å²) < 4.78 is 0. The van der Waals surface area contributed by atoms with Gasteiger partial charge in [-0.2, -0.15) is 11.3 Å². The zero-order valence-electron chi connectivity index (χ0n) is 13.0. The van der Waals surface area contributed by atoms with Crippen molar-refractivity contribution in [1.82, 2.24) is 10.2 Å². The first kappa shape index (κ1) is 17.0. The summed E-state index contributed by atoms with van der Waals surface area (Å²) in [5.41, 5.74) is 0.668. The molecule has 2 amide bonds. The van der Waals surface area contributed by atoms with E-state index in [9.17, 15) is 14.7 Å². The second-order valence-corrected chi connectivity index (χ2v) is 6.61. The van der Waals surface area contributed by atoms with E-state index in [1.165, 1.54) is 11.3 Å². The second kappa shape index (κ2) is 8.29. The smallest absolute Gasteiger partial charge is 0.252 e. The quantitative estimate of drug-likeness (QED) is 0.785. The van der Waals surface area contributed by atoms with E-state index in [1.807, 2.05) is 10.3 Å². The number of nitrogens with one attached hydrogen (secondary N) is 1. The van der Waals surface area contributed by atoms with Crippen LogP contribution in [-0.4, -0.2) is 47.6 Å². The molecule has 0 spiro atoms. The lowest BCUT2D eigenvalue weighted by Gasteiger charge is -2.39. The SMILES string of the molecule is CC1CCCN(C(=O)CCCNC(=O)c2ccsc2)C1CO. The van der Waals surface area contributed by atoms with Crippen molar-refractivity contribution in [1.29, 1.82) is 0 Å². The van der Waals surface area contributed by atoms with Crippen LogP contribution in [0.3, 0.4) is 0 Å². The molecule has 2 atom stereocenters. The number of piperidine rings is 1. The van der Waals surface area contributed by atoms with Gasteiger partial charge in [-0.3, -0.25) is 9.59 Å². The Balaban J connectivity index is 1.72. The average Bonchev–Trinajstić information content (AvgIpc) is 3.05. The molecule has 1 aromatic rings. The first-order valence-electron chi connectivity index (χ1n) is 7.84. The molecule has 22 heavy (non-hydrogen) atoms. The summed E-state index contributed by atoms with van der Waals surface area (Å²) in [6.07, 6.45) is 3.09. The Morgan fingerprint density at radius 3 is 3.00 bits per heavy atom. The number of carbonyl (C=O) groups is 2. The first-order valence-corrected chi connectivity index (χ1v) is 8.78. The van der Waals surface area contributed by atoms with Crippen molar-refractivity contribution >= 4 is 23.2 Å². The van der Waals surface area contributed by atoms with Crippen LogP contribution in [0.1, 0.15) is 43.0 Å². The number of amides is 2. The third kappa shape index (κ3) is 4.30. The van der Waals surface area contributed by atoms with Crippen LogP contribution in [0, 0.1) is 5.92 Å². The Morgan fingerprint density at radius 2 is 2.32 bits per heavy atom. The third-order valence-corrected chi connectivity index (χ3v) is 4.94. The molecule has 0 radical (unpaired) electrons. The Morgan fingerprint density at radius 1 is 1.50 bits per heavy atom. The summed E-state index contributed by atoms with van der Waals surface area (Å²) in [6, 6.07) is 1.73. The number of rotatable bonds is 6. The zero-order valence-corrected chi connectivity index (χ0v) is 13.8. The normalized spacial score (nSPS) is 21.6. The van der Waals surface area contributed by atoms with Gasteiger partial charge in [-0.05, 0) is 36.6 Å². The van der Waals surface area contributed by atoms with E-state index in [4.69, 9.17) is 0 Å². The summed E-state index contributed by atoms with van der Waals surface area (Å²) >= 11 is 1.49. The van der Waals surface area contributed by atoms with Gasteiger partial charge in [-0.25, -0.2) is 0 Å². The van der Waals surface area contributed by atoms with Crippen molar-refractivity contribution in [3.8, 4) is 0 Å². The van der Waals surface area contributed by atoms with E-state index >= 15 is 0 Å². The van der Waals surface area contributed by atoms with Gasteiger partial charge in [0, 0.05) is 30.5 Å². The Labute approximate surface area is 135 Å². The molecular formula is C16H24N2O3S. The van der Waals surface area contributed by atoms with Gasteiger partial charge in [0.25, 0.3) is 5.91 Å². The largest absolute Gasteiger partial charge is 0.394 e. The number of aliphatic hydroxyl groups excluding tert-OH is 1. The van der Waals surface area contributed by atoms with Crippen molar-refractivity contribution in [3.05, 3.63) is 22.4 Å². The predicted octanol–water partition coefficient (Wildman–Crippen LogP) is 1.88. The van der Waals surface area contributed by atoms with Crippen LogP contribution in [0.25, 0.3) is 0 Å². The second-order valence-electron chi connectivity index (χ2n) is 5.83. The summed E-state index contributed by atoms with van der Waals surface area (Å²) in [5, 5.41) is 16.0. The lowest BCUT2D eigenvalue weighted by atomic mass is 9.91.